The maximum Gasteiger partial charge on any atom is 0.261 e. The quantitative estimate of drug-likeness (QED) is 0.396. The van der Waals surface area contributed by atoms with Crippen molar-refractivity contribution in [1.29, 1.82) is 0 Å². The first kappa shape index (κ1) is 21.4. The molecule has 1 amide bonds. The van der Waals surface area contributed by atoms with Gasteiger partial charge < -0.3 is 0 Å². The number of carbonyl (C=O) groups is 1. The summed E-state index contributed by atoms with van der Waals surface area (Å²) in [5.41, 5.74) is 1.35. The van der Waals surface area contributed by atoms with Crippen molar-refractivity contribution in [2.24, 2.45) is 0 Å². The molecular weight excluding hydrogens is 454 g/mol. The molecule has 0 N–H and O–H groups in total. The minimum Gasteiger partial charge on any atom is -0.278 e. The van der Waals surface area contributed by atoms with Gasteiger partial charge in [-0.3, -0.25) is 14.7 Å². The summed E-state index contributed by atoms with van der Waals surface area (Å²) in [6, 6.07) is 17.1. The number of fused-ring (bicyclic) bond motifs is 1. The Bertz CT molecular complexity index is 1350. The number of nitrogens with zero attached hydrogens (tertiary/aromatic N) is 3. The van der Waals surface area contributed by atoms with Gasteiger partial charge in [-0.2, -0.15) is 0 Å². The Morgan fingerprint density at radius 2 is 1.84 bits per heavy atom. The van der Waals surface area contributed by atoms with Crippen molar-refractivity contribution in [2.45, 2.75) is 18.4 Å². The number of benzene rings is 2. The van der Waals surface area contributed by atoms with E-state index < -0.39 is 15.7 Å². The molecule has 0 atom stereocenters. The number of sulfone groups is 1. The van der Waals surface area contributed by atoms with Gasteiger partial charge in [-0.25, -0.2) is 13.4 Å². The largest absolute Gasteiger partial charge is 0.278 e. The number of rotatable bonds is 6. The standard InChI is InChI=1S/C22H18ClN3O3S2/c1-2-31(28,29)19-12-4-3-9-16(19)21(27)26(14-15-8-5-6-13-24-15)22-25-20-17(23)10-7-11-18(20)30-22/h3-13H,2,14H2,1H3. The van der Waals surface area contributed by atoms with Crippen molar-refractivity contribution in [3.8, 4) is 0 Å². The van der Waals surface area contributed by atoms with Crippen molar-refractivity contribution < 1.29 is 13.2 Å². The number of anilines is 1. The van der Waals surface area contributed by atoms with Crippen molar-refractivity contribution in [1.82, 2.24) is 9.97 Å². The summed E-state index contributed by atoms with van der Waals surface area (Å²) >= 11 is 7.60. The molecule has 0 aliphatic heterocycles. The van der Waals surface area contributed by atoms with Gasteiger partial charge in [-0.1, -0.05) is 54.1 Å². The molecule has 0 aliphatic rings. The number of carbonyl (C=O) groups excluding carboxylic acids is 1. The van der Waals surface area contributed by atoms with E-state index in [1.165, 1.54) is 28.4 Å². The van der Waals surface area contributed by atoms with E-state index in [1.807, 2.05) is 18.2 Å². The number of thiazole rings is 1. The number of hydrogen-bond acceptors (Lipinski definition) is 6. The number of halogens is 1. The predicted octanol–water partition coefficient (Wildman–Crippen LogP) is 4.99. The second-order valence-corrected chi connectivity index (χ2v) is 10.4. The fourth-order valence-corrected chi connectivity index (χ4v) is 5.46. The third kappa shape index (κ3) is 4.32. The lowest BCUT2D eigenvalue weighted by Crippen LogP contribution is -2.32. The van der Waals surface area contributed by atoms with E-state index in [-0.39, 0.29) is 22.8 Å². The zero-order valence-electron chi connectivity index (χ0n) is 16.5. The van der Waals surface area contributed by atoms with Crippen molar-refractivity contribution >= 4 is 54.0 Å². The molecular formula is C22H18ClN3O3S2. The van der Waals surface area contributed by atoms with Crippen molar-refractivity contribution in [2.75, 3.05) is 10.7 Å². The van der Waals surface area contributed by atoms with Gasteiger partial charge in [0.1, 0.15) is 5.52 Å². The van der Waals surface area contributed by atoms with Gasteiger partial charge in [0.05, 0.1) is 38.2 Å². The van der Waals surface area contributed by atoms with Crippen LogP contribution in [0.4, 0.5) is 5.13 Å². The van der Waals surface area contributed by atoms with Gasteiger partial charge in [0, 0.05) is 6.20 Å². The third-order valence-electron chi connectivity index (χ3n) is 4.71. The molecule has 0 saturated heterocycles. The van der Waals surface area contributed by atoms with E-state index in [0.717, 1.165) is 4.70 Å². The van der Waals surface area contributed by atoms with Crippen LogP contribution in [0.3, 0.4) is 0 Å². The minimum atomic E-state index is -3.60. The summed E-state index contributed by atoms with van der Waals surface area (Å²) in [5.74, 6) is -0.567. The summed E-state index contributed by atoms with van der Waals surface area (Å²) < 4.78 is 26.1. The number of aromatic nitrogens is 2. The van der Waals surface area contributed by atoms with Crippen LogP contribution in [0.1, 0.15) is 23.0 Å². The first-order valence-corrected chi connectivity index (χ1v) is 12.3. The maximum atomic E-state index is 13.7. The summed E-state index contributed by atoms with van der Waals surface area (Å²) in [7, 11) is -3.60. The lowest BCUT2D eigenvalue weighted by atomic mass is 10.2. The Morgan fingerprint density at radius 3 is 2.55 bits per heavy atom. The summed E-state index contributed by atoms with van der Waals surface area (Å²) in [5, 5.41) is 0.904. The van der Waals surface area contributed by atoms with Gasteiger partial charge in [0.25, 0.3) is 5.91 Å². The fourth-order valence-electron chi connectivity index (χ4n) is 3.11. The Hall–Kier alpha value is -2.81. The van der Waals surface area contributed by atoms with Crippen molar-refractivity contribution in [3.05, 3.63) is 83.1 Å². The second-order valence-electron chi connectivity index (χ2n) is 6.69. The number of pyridine rings is 1. The summed E-state index contributed by atoms with van der Waals surface area (Å²) in [4.78, 5) is 24.0. The van der Waals surface area contributed by atoms with Crippen LogP contribution in [-0.2, 0) is 16.4 Å². The van der Waals surface area contributed by atoms with E-state index in [9.17, 15) is 13.2 Å². The molecule has 31 heavy (non-hydrogen) atoms. The second kappa shape index (κ2) is 8.74. The highest BCUT2D eigenvalue weighted by Crippen LogP contribution is 2.34. The van der Waals surface area contributed by atoms with Crippen molar-refractivity contribution in [3.63, 3.8) is 0 Å². The molecule has 0 unspecified atom stereocenters. The number of hydrogen-bond donors (Lipinski definition) is 0. The van der Waals surface area contributed by atoms with Gasteiger partial charge in [-0.15, -0.1) is 0 Å². The Morgan fingerprint density at radius 1 is 1.06 bits per heavy atom. The van der Waals surface area contributed by atoms with Crippen LogP contribution in [0.5, 0.6) is 0 Å². The zero-order valence-corrected chi connectivity index (χ0v) is 18.9. The normalized spacial score (nSPS) is 11.5. The average Bonchev–Trinajstić information content (AvgIpc) is 3.23. The van der Waals surface area contributed by atoms with Crippen LogP contribution in [0, 0.1) is 0 Å². The molecule has 0 fully saturated rings. The molecule has 0 saturated carbocycles. The Balaban J connectivity index is 1.85. The highest BCUT2D eigenvalue weighted by molar-refractivity contribution is 7.91. The molecule has 0 spiro atoms. The van der Waals surface area contributed by atoms with Crippen LogP contribution in [-0.4, -0.2) is 30.0 Å². The summed E-state index contributed by atoms with van der Waals surface area (Å²) in [6.07, 6.45) is 1.64. The Kier molecular flexibility index (Phi) is 6.04. The Labute approximate surface area is 189 Å². The van der Waals surface area contributed by atoms with Crippen LogP contribution < -0.4 is 4.90 Å². The molecule has 2 aromatic heterocycles. The van der Waals surface area contributed by atoms with Gasteiger partial charge in [-0.05, 0) is 36.4 Å². The van der Waals surface area contributed by atoms with Gasteiger partial charge >= 0.3 is 0 Å². The van der Waals surface area contributed by atoms with Gasteiger partial charge in [0.2, 0.25) is 0 Å². The first-order chi connectivity index (χ1) is 14.9. The van der Waals surface area contributed by atoms with Crippen LogP contribution in [0.2, 0.25) is 5.02 Å². The molecule has 0 aliphatic carbocycles. The molecule has 2 heterocycles. The monoisotopic (exact) mass is 471 g/mol. The molecule has 4 rings (SSSR count). The number of para-hydroxylation sites is 1. The van der Waals surface area contributed by atoms with Crippen LogP contribution in [0.25, 0.3) is 10.2 Å². The van der Waals surface area contributed by atoms with E-state index in [2.05, 4.69) is 9.97 Å². The van der Waals surface area contributed by atoms with E-state index >= 15 is 0 Å². The molecule has 158 valence electrons. The van der Waals surface area contributed by atoms with E-state index in [1.54, 1.807) is 43.5 Å². The topological polar surface area (TPSA) is 80.2 Å². The molecule has 9 heteroatoms. The molecule has 0 radical (unpaired) electrons. The lowest BCUT2D eigenvalue weighted by molar-refractivity contribution is 0.0981. The molecule has 2 aromatic carbocycles. The molecule has 0 bridgehead atoms. The average molecular weight is 472 g/mol. The highest BCUT2D eigenvalue weighted by atomic mass is 35.5. The highest BCUT2D eigenvalue weighted by Gasteiger charge is 2.27. The molecule has 6 nitrogen and oxygen atoms in total. The smallest absolute Gasteiger partial charge is 0.261 e. The van der Waals surface area contributed by atoms with E-state index in [0.29, 0.717) is 21.4 Å². The molecule has 4 aromatic rings. The SMILES string of the molecule is CCS(=O)(=O)c1ccccc1C(=O)N(Cc1ccccn1)c1nc2c(Cl)cccc2s1. The minimum absolute atomic E-state index is 0.00710. The fraction of sp³-hybridized carbons (Fsp3) is 0.136. The predicted molar refractivity (Wildman–Crippen MR) is 124 cm³/mol. The zero-order chi connectivity index (χ0) is 22.0. The number of amides is 1. The lowest BCUT2D eigenvalue weighted by Gasteiger charge is -2.21. The third-order valence-corrected chi connectivity index (χ3v) is 7.85. The summed E-state index contributed by atoms with van der Waals surface area (Å²) in [6.45, 7) is 1.69. The van der Waals surface area contributed by atoms with Crippen LogP contribution in [0.15, 0.2) is 71.8 Å². The van der Waals surface area contributed by atoms with Crippen LogP contribution >= 0.6 is 22.9 Å². The first-order valence-electron chi connectivity index (χ1n) is 9.49. The van der Waals surface area contributed by atoms with Gasteiger partial charge in [0.15, 0.2) is 15.0 Å². The maximum absolute atomic E-state index is 13.7. The van der Waals surface area contributed by atoms with E-state index in [4.69, 9.17) is 11.6 Å².